The lowest BCUT2D eigenvalue weighted by atomic mass is 9.78. The maximum absolute atomic E-state index is 15.2. The second kappa shape index (κ2) is 13.9. The number of benzene rings is 4. The number of hydrogen-bond donors (Lipinski definition) is 0. The monoisotopic (exact) mass is 682 g/mol. The summed E-state index contributed by atoms with van der Waals surface area (Å²) in [6, 6.07) is 9.50. The molecule has 1 aliphatic carbocycles. The van der Waals surface area contributed by atoms with Crippen LogP contribution >= 0.6 is 0 Å². The molecule has 0 heterocycles. The third kappa shape index (κ3) is 7.96. The quantitative estimate of drug-likeness (QED) is 0.129. The Kier molecular flexibility index (Phi) is 10.1. The SMILES string of the molecule is CC/C=C/C1CCC(c2ccc(-c3cc(F)c(C(F)(F)Oc4ccc(-c5ccc(OC(F)(F)F)c(F)c5)c(F)c4)c(F)c3)c(F)c2)CC1. The Labute approximate surface area is 269 Å². The van der Waals surface area contributed by atoms with Crippen LogP contribution in [0.25, 0.3) is 22.3 Å². The van der Waals surface area contributed by atoms with Gasteiger partial charge in [-0.2, -0.15) is 8.78 Å². The first kappa shape index (κ1) is 34.8. The lowest BCUT2D eigenvalue weighted by Crippen LogP contribution is -2.25. The van der Waals surface area contributed by atoms with Crippen molar-refractivity contribution in [2.45, 2.75) is 57.4 Å². The van der Waals surface area contributed by atoms with Gasteiger partial charge in [-0.25, -0.2) is 22.0 Å². The molecule has 5 rings (SSSR count). The average molecular weight is 683 g/mol. The molecule has 1 saturated carbocycles. The van der Waals surface area contributed by atoms with Crippen LogP contribution in [-0.2, 0) is 6.11 Å². The maximum Gasteiger partial charge on any atom is 0.573 e. The van der Waals surface area contributed by atoms with E-state index in [9.17, 15) is 22.0 Å². The van der Waals surface area contributed by atoms with Gasteiger partial charge in [-0.15, -0.1) is 13.2 Å². The zero-order valence-corrected chi connectivity index (χ0v) is 25.3. The van der Waals surface area contributed by atoms with Crippen LogP contribution in [0.15, 0.2) is 78.9 Å². The fourth-order valence-electron chi connectivity index (χ4n) is 5.87. The largest absolute Gasteiger partial charge is 0.573 e. The summed E-state index contributed by atoms with van der Waals surface area (Å²) < 4.78 is 149. The molecule has 0 N–H and O–H groups in total. The number of ether oxygens (including phenoxy) is 2. The molecule has 1 aliphatic rings. The Bertz CT molecular complexity index is 1780. The van der Waals surface area contributed by atoms with Gasteiger partial charge in [0.15, 0.2) is 11.6 Å². The molecule has 0 aliphatic heterocycles. The molecule has 0 radical (unpaired) electrons. The molecular weight excluding hydrogens is 654 g/mol. The van der Waals surface area contributed by atoms with Crippen molar-refractivity contribution in [3.05, 3.63) is 119 Å². The van der Waals surface area contributed by atoms with E-state index in [0.717, 1.165) is 55.9 Å². The van der Waals surface area contributed by atoms with Crippen LogP contribution in [0.5, 0.6) is 11.5 Å². The van der Waals surface area contributed by atoms with Crippen molar-refractivity contribution in [3.8, 4) is 33.8 Å². The van der Waals surface area contributed by atoms with Gasteiger partial charge in [-0.1, -0.05) is 37.3 Å². The third-order valence-corrected chi connectivity index (χ3v) is 8.18. The summed E-state index contributed by atoms with van der Waals surface area (Å²) in [7, 11) is 0. The first-order valence-corrected chi connectivity index (χ1v) is 15.0. The molecule has 0 spiro atoms. The second-order valence-electron chi connectivity index (χ2n) is 11.5. The van der Waals surface area contributed by atoms with Gasteiger partial charge in [0.1, 0.15) is 34.6 Å². The van der Waals surface area contributed by atoms with Gasteiger partial charge in [-0.05, 0) is 103 Å². The molecule has 0 atom stereocenters. The average Bonchev–Trinajstić information content (AvgIpc) is 3.00. The van der Waals surface area contributed by atoms with E-state index in [1.54, 1.807) is 6.07 Å². The molecule has 0 unspecified atom stereocenters. The van der Waals surface area contributed by atoms with Crippen LogP contribution < -0.4 is 9.47 Å². The van der Waals surface area contributed by atoms with E-state index in [2.05, 4.69) is 28.5 Å². The smallest absolute Gasteiger partial charge is 0.429 e. The molecule has 48 heavy (non-hydrogen) atoms. The maximum atomic E-state index is 15.2. The van der Waals surface area contributed by atoms with E-state index in [4.69, 9.17) is 0 Å². The topological polar surface area (TPSA) is 18.5 Å². The van der Waals surface area contributed by atoms with Crippen molar-refractivity contribution in [3.63, 3.8) is 0 Å². The first-order chi connectivity index (χ1) is 22.6. The molecule has 2 nitrogen and oxygen atoms in total. The summed E-state index contributed by atoms with van der Waals surface area (Å²) >= 11 is 0. The molecule has 4 aromatic rings. The van der Waals surface area contributed by atoms with Crippen molar-refractivity contribution in [2.24, 2.45) is 5.92 Å². The van der Waals surface area contributed by atoms with Crippen LogP contribution in [0.2, 0.25) is 0 Å². The van der Waals surface area contributed by atoms with Crippen LogP contribution in [0.3, 0.4) is 0 Å². The molecule has 0 bridgehead atoms. The lowest BCUT2D eigenvalue weighted by molar-refractivity contribution is -0.275. The zero-order chi connectivity index (χ0) is 34.8. The minimum Gasteiger partial charge on any atom is -0.429 e. The van der Waals surface area contributed by atoms with Gasteiger partial charge in [0.05, 0.1) is 0 Å². The summed E-state index contributed by atoms with van der Waals surface area (Å²) in [5, 5.41) is 0. The van der Waals surface area contributed by atoms with Crippen LogP contribution in [0.1, 0.15) is 56.1 Å². The third-order valence-electron chi connectivity index (χ3n) is 8.18. The van der Waals surface area contributed by atoms with Gasteiger partial charge in [0.25, 0.3) is 0 Å². The van der Waals surface area contributed by atoms with E-state index < -0.39 is 64.2 Å². The minimum absolute atomic E-state index is 0.116. The fourth-order valence-corrected chi connectivity index (χ4v) is 5.87. The standard InChI is InChI=1S/C36H28F10O2/c1-2-3-4-20-5-7-21(8-6-20)22-9-12-27(28(37)15-22)24-17-31(40)34(32(41)18-24)35(42,43)47-25-11-13-26(29(38)19-25)23-10-14-33(30(39)16-23)48-36(44,45)46/h3-4,9-21H,2,5-8H2,1H3/b4-3+. The summed E-state index contributed by atoms with van der Waals surface area (Å²) in [5.74, 6) is -8.46. The second-order valence-corrected chi connectivity index (χ2v) is 11.5. The molecule has 0 amide bonds. The number of halogens is 10. The number of rotatable bonds is 9. The van der Waals surface area contributed by atoms with E-state index >= 15 is 22.0 Å². The molecular formula is C36H28F10O2. The molecule has 0 saturated heterocycles. The van der Waals surface area contributed by atoms with Crippen LogP contribution in [0, 0.1) is 35.0 Å². The molecule has 0 aromatic heterocycles. The summed E-state index contributed by atoms with van der Waals surface area (Å²) in [6.45, 7) is 2.06. The van der Waals surface area contributed by atoms with Crippen LogP contribution in [-0.4, -0.2) is 6.36 Å². The van der Waals surface area contributed by atoms with Gasteiger partial charge >= 0.3 is 12.5 Å². The number of hydrogen-bond acceptors (Lipinski definition) is 2. The van der Waals surface area contributed by atoms with Gasteiger partial charge < -0.3 is 9.47 Å². The molecule has 1 fully saturated rings. The Morgan fingerprint density at radius 3 is 1.83 bits per heavy atom. The highest BCUT2D eigenvalue weighted by molar-refractivity contribution is 5.67. The lowest BCUT2D eigenvalue weighted by Gasteiger charge is -2.27. The Balaban J connectivity index is 1.32. The van der Waals surface area contributed by atoms with Crippen molar-refractivity contribution in [2.75, 3.05) is 0 Å². The van der Waals surface area contributed by atoms with E-state index in [1.807, 2.05) is 0 Å². The van der Waals surface area contributed by atoms with Gasteiger partial charge in [-0.3, -0.25) is 0 Å². The predicted molar refractivity (Wildman–Crippen MR) is 159 cm³/mol. The zero-order valence-electron chi connectivity index (χ0n) is 25.3. The normalized spacial score (nSPS) is 17.1. The number of allylic oxidation sites excluding steroid dienone is 2. The summed E-state index contributed by atoms with van der Waals surface area (Å²) in [6.07, 6.45) is -0.965. The van der Waals surface area contributed by atoms with Gasteiger partial charge in [0.2, 0.25) is 0 Å². The van der Waals surface area contributed by atoms with Crippen molar-refractivity contribution in [1.82, 2.24) is 0 Å². The Morgan fingerprint density at radius 2 is 1.25 bits per heavy atom. The van der Waals surface area contributed by atoms with Crippen LogP contribution in [0.4, 0.5) is 43.9 Å². The van der Waals surface area contributed by atoms with Crippen molar-refractivity contribution < 1.29 is 53.4 Å². The van der Waals surface area contributed by atoms with Crippen molar-refractivity contribution in [1.29, 1.82) is 0 Å². The molecule has 12 heteroatoms. The minimum atomic E-state index is -5.18. The first-order valence-electron chi connectivity index (χ1n) is 15.0. The highest BCUT2D eigenvalue weighted by Crippen LogP contribution is 2.41. The van der Waals surface area contributed by atoms with E-state index in [0.29, 0.717) is 36.2 Å². The fraction of sp³-hybridized carbons (Fsp3) is 0.278. The molecule has 4 aromatic carbocycles. The summed E-state index contributed by atoms with van der Waals surface area (Å²) in [4.78, 5) is 0. The Morgan fingerprint density at radius 1 is 0.646 bits per heavy atom. The predicted octanol–water partition coefficient (Wildman–Crippen LogP) is 12.0. The Hall–Kier alpha value is -4.48. The van der Waals surface area contributed by atoms with Crippen molar-refractivity contribution >= 4 is 0 Å². The highest BCUT2D eigenvalue weighted by Gasteiger charge is 2.41. The molecule has 254 valence electrons. The number of alkyl halides is 5. The highest BCUT2D eigenvalue weighted by atomic mass is 19.4. The van der Waals surface area contributed by atoms with Gasteiger partial charge in [0, 0.05) is 17.2 Å². The van der Waals surface area contributed by atoms with E-state index in [1.165, 1.54) is 12.1 Å². The van der Waals surface area contributed by atoms with E-state index in [-0.39, 0.29) is 22.6 Å². The summed E-state index contributed by atoms with van der Waals surface area (Å²) in [5.41, 5.74) is -2.26.